The summed E-state index contributed by atoms with van der Waals surface area (Å²) < 4.78 is 63.5. The van der Waals surface area contributed by atoms with Gasteiger partial charge in [-0.2, -0.15) is 26.3 Å². The lowest BCUT2D eigenvalue weighted by Gasteiger charge is -2.46. The number of piperidine rings is 1. The van der Waals surface area contributed by atoms with Gasteiger partial charge in [0.05, 0.1) is 0 Å². The maximum absolute atomic E-state index is 10.6. The van der Waals surface area contributed by atoms with E-state index < -0.39 is 24.3 Å². The molecule has 1 unspecified atom stereocenters. The normalized spacial score (nSPS) is 20.0. The van der Waals surface area contributed by atoms with Crippen molar-refractivity contribution in [1.82, 2.24) is 9.80 Å². The standard InChI is InChI=1S/C22H27ClN2.2C2HF3O2/c23-21-11-5-4-10-20(21)17-25-15-7-13-22(25)12-6-14-24(18-22)16-19-8-2-1-3-9-19;2*3-2(4,5)1(6)7/h1-5,8-11H,6-7,12-18H2;2*(H,6,7). The zero-order chi connectivity index (χ0) is 29.3. The van der Waals surface area contributed by atoms with E-state index in [0.717, 1.165) is 18.1 Å². The number of carboxylic acid groups (broad SMARTS) is 2. The molecule has 1 atom stereocenters. The van der Waals surface area contributed by atoms with Gasteiger partial charge in [-0.3, -0.25) is 9.80 Å². The van der Waals surface area contributed by atoms with E-state index in [2.05, 4.69) is 52.3 Å². The fourth-order valence-corrected chi connectivity index (χ4v) is 4.91. The van der Waals surface area contributed by atoms with E-state index in [-0.39, 0.29) is 0 Å². The molecule has 2 heterocycles. The average Bonchev–Trinajstić information content (AvgIpc) is 3.21. The second-order valence-corrected chi connectivity index (χ2v) is 9.65. The third kappa shape index (κ3) is 10.3. The summed E-state index contributed by atoms with van der Waals surface area (Å²) in [4.78, 5) is 23.2. The Hall–Kier alpha value is -2.83. The predicted octanol–water partition coefficient (Wildman–Crippen LogP) is 6.24. The molecule has 2 aromatic rings. The number of carbonyl (C=O) groups is 2. The second-order valence-electron chi connectivity index (χ2n) is 9.25. The summed E-state index contributed by atoms with van der Waals surface area (Å²) in [7, 11) is 0. The van der Waals surface area contributed by atoms with Crippen molar-refractivity contribution in [2.45, 2.75) is 56.7 Å². The first-order valence-electron chi connectivity index (χ1n) is 12.0. The van der Waals surface area contributed by atoms with Crippen molar-refractivity contribution in [1.29, 1.82) is 0 Å². The highest BCUT2D eigenvalue weighted by Gasteiger charge is 2.43. The summed E-state index contributed by atoms with van der Waals surface area (Å²) >= 11 is 6.43. The molecule has 0 radical (unpaired) electrons. The first kappa shape index (κ1) is 32.4. The lowest BCUT2D eigenvalue weighted by atomic mass is 9.86. The van der Waals surface area contributed by atoms with Crippen molar-refractivity contribution in [3.05, 3.63) is 70.7 Å². The number of alkyl halides is 6. The number of aliphatic carboxylic acids is 2. The molecule has 2 aromatic carbocycles. The Bertz CT molecular complexity index is 1060. The van der Waals surface area contributed by atoms with E-state index in [4.69, 9.17) is 31.4 Å². The summed E-state index contributed by atoms with van der Waals surface area (Å²) in [6.07, 6.45) is -4.92. The summed E-state index contributed by atoms with van der Waals surface area (Å²) in [5.74, 6) is -5.51. The number of hydrogen-bond donors (Lipinski definition) is 2. The molecule has 1 spiro atoms. The largest absolute Gasteiger partial charge is 0.490 e. The minimum absolute atomic E-state index is 0.339. The molecule has 0 amide bonds. The Kier molecular flexibility index (Phi) is 11.6. The van der Waals surface area contributed by atoms with Gasteiger partial charge >= 0.3 is 24.3 Å². The molecule has 13 heteroatoms. The highest BCUT2D eigenvalue weighted by Crippen LogP contribution is 2.39. The Morgan fingerprint density at radius 3 is 1.79 bits per heavy atom. The number of halogens is 7. The molecular weight excluding hydrogens is 554 g/mol. The molecule has 2 aliphatic heterocycles. The van der Waals surface area contributed by atoms with Crippen molar-refractivity contribution in [3.8, 4) is 0 Å². The average molecular weight is 583 g/mol. The van der Waals surface area contributed by atoms with Crippen LogP contribution in [0.5, 0.6) is 0 Å². The molecule has 0 saturated carbocycles. The van der Waals surface area contributed by atoms with Gasteiger partial charge in [-0.1, -0.05) is 60.1 Å². The number of benzene rings is 2. The third-order valence-corrected chi connectivity index (χ3v) is 6.80. The van der Waals surface area contributed by atoms with Gasteiger partial charge in [0, 0.05) is 30.2 Å². The monoisotopic (exact) mass is 582 g/mol. The highest BCUT2D eigenvalue weighted by atomic mass is 35.5. The summed E-state index contributed by atoms with van der Waals surface area (Å²) in [5, 5.41) is 15.2. The molecule has 2 aliphatic rings. The van der Waals surface area contributed by atoms with E-state index in [0.29, 0.717) is 5.54 Å². The van der Waals surface area contributed by atoms with Crippen LogP contribution in [-0.2, 0) is 22.7 Å². The van der Waals surface area contributed by atoms with E-state index in [1.54, 1.807) is 0 Å². The van der Waals surface area contributed by atoms with Crippen molar-refractivity contribution < 1.29 is 46.1 Å². The SMILES string of the molecule is Clc1ccccc1CN1CCCC12CCCN(Cc1ccccc1)C2.O=C(O)C(F)(F)F.O=C(O)C(F)(F)F. The molecule has 2 saturated heterocycles. The molecule has 0 aliphatic carbocycles. The predicted molar refractivity (Wildman–Crippen MR) is 132 cm³/mol. The summed E-state index contributed by atoms with van der Waals surface area (Å²) in [6, 6.07) is 19.2. The molecular formula is C26H29ClF6N2O4. The van der Waals surface area contributed by atoms with Gasteiger partial charge in [-0.05, 0) is 56.0 Å². The zero-order valence-corrected chi connectivity index (χ0v) is 21.6. The van der Waals surface area contributed by atoms with Crippen LogP contribution in [-0.4, -0.2) is 69.5 Å². The topological polar surface area (TPSA) is 81.1 Å². The van der Waals surface area contributed by atoms with E-state index in [1.807, 2.05) is 12.1 Å². The van der Waals surface area contributed by atoms with Crippen LogP contribution in [0.25, 0.3) is 0 Å². The minimum Gasteiger partial charge on any atom is -0.475 e. The molecule has 0 aromatic heterocycles. The minimum atomic E-state index is -5.08. The zero-order valence-electron chi connectivity index (χ0n) is 20.8. The van der Waals surface area contributed by atoms with Gasteiger partial charge in [0.1, 0.15) is 0 Å². The molecule has 4 rings (SSSR count). The van der Waals surface area contributed by atoms with Crippen LogP contribution in [0.15, 0.2) is 54.6 Å². The Balaban J connectivity index is 0.000000317. The molecule has 0 bridgehead atoms. The number of nitrogens with zero attached hydrogens (tertiary/aromatic N) is 2. The Morgan fingerprint density at radius 2 is 1.28 bits per heavy atom. The molecule has 6 nitrogen and oxygen atoms in total. The van der Waals surface area contributed by atoms with Gasteiger partial charge in [-0.25, -0.2) is 9.59 Å². The second kappa shape index (κ2) is 14.0. The van der Waals surface area contributed by atoms with Crippen LogP contribution in [0.2, 0.25) is 5.02 Å². The van der Waals surface area contributed by atoms with Crippen molar-refractivity contribution in [2.75, 3.05) is 19.6 Å². The molecule has 39 heavy (non-hydrogen) atoms. The number of carboxylic acids is 2. The van der Waals surface area contributed by atoms with Crippen LogP contribution in [0, 0.1) is 0 Å². The van der Waals surface area contributed by atoms with Gasteiger partial charge in [0.2, 0.25) is 0 Å². The molecule has 2 fully saturated rings. The maximum Gasteiger partial charge on any atom is 0.490 e. The van der Waals surface area contributed by atoms with Crippen LogP contribution in [0.1, 0.15) is 36.8 Å². The smallest absolute Gasteiger partial charge is 0.475 e. The number of rotatable bonds is 4. The van der Waals surface area contributed by atoms with Crippen LogP contribution in [0.3, 0.4) is 0 Å². The quantitative estimate of drug-likeness (QED) is 0.416. The van der Waals surface area contributed by atoms with Gasteiger partial charge in [0.25, 0.3) is 0 Å². The maximum atomic E-state index is 10.6. The van der Waals surface area contributed by atoms with Crippen LogP contribution >= 0.6 is 11.6 Å². The lowest BCUT2D eigenvalue weighted by Crippen LogP contribution is -2.55. The number of likely N-dealkylation sites (tertiary alicyclic amines) is 2. The third-order valence-electron chi connectivity index (χ3n) is 6.43. The first-order valence-corrected chi connectivity index (χ1v) is 12.4. The van der Waals surface area contributed by atoms with Gasteiger partial charge in [0.15, 0.2) is 0 Å². The van der Waals surface area contributed by atoms with Crippen LogP contribution < -0.4 is 0 Å². The highest BCUT2D eigenvalue weighted by molar-refractivity contribution is 6.31. The van der Waals surface area contributed by atoms with Crippen molar-refractivity contribution in [3.63, 3.8) is 0 Å². The fourth-order valence-electron chi connectivity index (χ4n) is 4.72. The van der Waals surface area contributed by atoms with Crippen molar-refractivity contribution >= 4 is 23.5 Å². The Morgan fingerprint density at radius 1 is 0.795 bits per heavy atom. The fraction of sp³-hybridized carbons (Fsp3) is 0.462. The van der Waals surface area contributed by atoms with Gasteiger partial charge < -0.3 is 10.2 Å². The summed E-state index contributed by atoms with van der Waals surface area (Å²) in [5.41, 5.74) is 3.03. The van der Waals surface area contributed by atoms with E-state index >= 15 is 0 Å². The Labute approximate surface area is 226 Å². The van der Waals surface area contributed by atoms with Crippen molar-refractivity contribution in [2.24, 2.45) is 0 Å². The number of hydrogen-bond acceptors (Lipinski definition) is 4. The molecule has 2 N–H and O–H groups in total. The van der Waals surface area contributed by atoms with E-state index in [1.165, 1.54) is 56.4 Å². The molecule has 216 valence electrons. The van der Waals surface area contributed by atoms with Gasteiger partial charge in [-0.15, -0.1) is 0 Å². The van der Waals surface area contributed by atoms with E-state index in [9.17, 15) is 26.3 Å². The summed E-state index contributed by atoms with van der Waals surface area (Å²) in [6.45, 7) is 5.66. The lowest BCUT2D eigenvalue weighted by molar-refractivity contribution is -0.193. The first-order chi connectivity index (χ1) is 18.1. The van der Waals surface area contributed by atoms with Crippen LogP contribution in [0.4, 0.5) is 26.3 Å².